The second-order valence-corrected chi connectivity index (χ2v) is 10.4. The van der Waals surface area contributed by atoms with Gasteiger partial charge in [0, 0.05) is 23.2 Å². The molecule has 0 spiro atoms. The van der Waals surface area contributed by atoms with Crippen molar-refractivity contribution in [3.63, 3.8) is 0 Å². The molecule has 196 valence electrons. The van der Waals surface area contributed by atoms with Crippen LogP contribution in [0, 0.1) is 13.8 Å². The van der Waals surface area contributed by atoms with Crippen LogP contribution in [0.25, 0.3) is 11.0 Å². The van der Waals surface area contributed by atoms with Crippen LogP contribution in [-0.4, -0.2) is 30.1 Å². The van der Waals surface area contributed by atoms with E-state index in [-0.39, 0.29) is 24.2 Å². The topological polar surface area (TPSA) is 107 Å². The number of ether oxygens (including phenoxy) is 2. The van der Waals surface area contributed by atoms with Crippen molar-refractivity contribution >= 4 is 22.8 Å². The molecule has 4 rings (SSSR count). The Kier molecular flexibility index (Phi) is 7.30. The first-order chi connectivity index (χ1) is 17.5. The molecule has 0 bridgehead atoms. The normalized spacial score (nSPS) is 15.0. The Balaban J connectivity index is 1.64. The standard InChI is InChI=1S/C29H34N2O6/c1-16(2)30-27(33)25(19-10-8-7-9-11-19)31-23(32)15-35-22-14-21-20(12-13-29(5,6)37-21)26-24(22)17(3)18(4)28(34)36-26/h7-11,14,16,25H,12-13,15H2,1-6H3,(H,30,33)(H,31,32). The number of aryl methyl sites for hydroxylation is 2. The van der Waals surface area contributed by atoms with Crippen LogP contribution in [0.3, 0.4) is 0 Å². The second-order valence-electron chi connectivity index (χ2n) is 10.4. The highest BCUT2D eigenvalue weighted by Crippen LogP contribution is 2.43. The van der Waals surface area contributed by atoms with E-state index in [2.05, 4.69) is 10.6 Å². The van der Waals surface area contributed by atoms with E-state index in [0.717, 1.165) is 17.5 Å². The summed E-state index contributed by atoms with van der Waals surface area (Å²) in [6.07, 6.45) is 1.46. The lowest BCUT2D eigenvalue weighted by molar-refractivity contribution is -0.130. The Labute approximate surface area is 216 Å². The monoisotopic (exact) mass is 506 g/mol. The van der Waals surface area contributed by atoms with E-state index in [1.165, 1.54) is 0 Å². The third kappa shape index (κ3) is 5.63. The van der Waals surface area contributed by atoms with E-state index in [0.29, 0.717) is 40.0 Å². The predicted octanol–water partition coefficient (Wildman–Crippen LogP) is 4.27. The summed E-state index contributed by atoms with van der Waals surface area (Å²) in [7, 11) is 0. The molecular weight excluding hydrogens is 472 g/mol. The molecule has 2 N–H and O–H groups in total. The lowest BCUT2D eigenvalue weighted by atomic mass is 9.92. The SMILES string of the molecule is Cc1c(C)c2c(OCC(=O)NC(C(=O)NC(C)C)c3ccccc3)cc3c(c2oc1=O)CCC(C)(C)O3. The van der Waals surface area contributed by atoms with Crippen molar-refractivity contribution in [3.05, 3.63) is 69.1 Å². The van der Waals surface area contributed by atoms with Crippen LogP contribution in [0.5, 0.6) is 11.5 Å². The molecule has 1 aliphatic rings. The molecule has 1 atom stereocenters. The molecule has 3 aromatic rings. The molecule has 1 aromatic heterocycles. The van der Waals surface area contributed by atoms with Gasteiger partial charge in [-0.25, -0.2) is 4.79 Å². The fraction of sp³-hybridized carbons (Fsp3) is 0.414. The first-order valence-electron chi connectivity index (χ1n) is 12.5. The Hall–Kier alpha value is -3.81. The summed E-state index contributed by atoms with van der Waals surface area (Å²) in [5.74, 6) is 0.183. The van der Waals surface area contributed by atoms with Crippen molar-refractivity contribution in [2.45, 2.75) is 72.1 Å². The lowest BCUT2D eigenvalue weighted by Gasteiger charge is -2.33. The molecular formula is C29H34N2O6. The van der Waals surface area contributed by atoms with E-state index in [4.69, 9.17) is 13.9 Å². The van der Waals surface area contributed by atoms with Gasteiger partial charge in [-0.1, -0.05) is 30.3 Å². The van der Waals surface area contributed by atoms with E-state index in [9.17, 15) is 14.4 Å². The Bertz CT molecular complexity index is 1390. The van der Waals surface area contributed by atoms with Crippen LogP contribution in [0.2, 0.25) is 0 Å². The van der Waals surface area contributed by atoms with E-state index in [1.807, 2.05) is 52.8 Å². The molecule has 0 fully saturated rings. The van der Waals surface area contributed by atoms with Crippen LogP contribution >= 0.6 is 0 Å². The van der Waals surface area contributed by atoms with E-state index < -0.39 is 17.6 Å². The number of hydrogen-bond acceptors (Lipinski definition) is 6. The number of fused-ring (bicyclic) bond motifs is 3. The zero-order chi connectivity index (χ0) is 26.9. The molecule has 1 unspecified atom stereocenters. The molecule has 0 radical (unpaired) electrons. The molecule has 2 amide bonds. The lowest BCUT2D eigenvalue weighted by Crippen LogP contribution is -2.44. The fourth-order valence-electron chi connectivity index (χ4n) is 4.51. The fourth-order valence-corrected chi connectivity index (χ4v) is 4.51. The van der Waals surface area contributed by atoms with Gasteiger partial charge in [0.25, 0.3) is 5.91 Å². The van der Waals surface area contributed by atoms with Gasteiger partial charge in [-0.05, 0) is 65.5 Å². The maximum absolute atomic E-state index is 13.0. The molecule has 0 saturated carbocycles. The quantitative estimate of drug-likeness (QED) is 0.464. The number of carbonyl (C=O) groups excluding carboxylic acids is 2. The van der Waals surface area contributed by atoms with Crippen molar-refractivity contribution in [2.75, 3.05) is 6.61 Å². The predicted molar refractivity (Wildman–Crippen MR) is 141 cm³/mol. The van der Waals surface area contributed by atoms with Gasteiger partial charge in [-0.3, -0.25) is 9.59 Å². The minimum absolute atomic E-state index is 0.0844. The zero-order valence-corrected chi connectivity index (χ0v) is 22.2. The zero-order valence-electron chi connectivity index (χ0n) is 22.2. The summed E-state index contributed by atoms with van der Waals surface area (Å²) in [5.41, 5.74) is 2.32. The summed E-state index contributed by atoms with van der Waals surface area (Å²) in [4.78, 5) is 38.3. The Morgan fingerprint density at radius 1 is 1.08 bits per heavy atom. The third-order valence-corrected chi connectivity index (χ3v) is 6.60. The van der Waals surface area contributed by atoms with Crippen LogP contribution in [0.4, 0.5) is 0 Å². The highest BCUT2D eigenvalue weighted by Gasteiger charge is 2.31. The van der Waals surface area contributed by atoms with Crippen molar-refractivity contribution in [3.8, 4) is 11.5 Å². The van der Waals surface area contributed by atoms with E-state index >= 15 is 0 Å². The average Bonchev–Trinajstić information content (AvgIpc) is 2.83. The number of amides is 2. The highest BCUT2D eigenvalue weighted by atomic mass is 16.5. The number of carbonyl (C=O) groups is 2. The number of nitrogens with one attached hydrogen (secondary N) is 2. The Morgan fingerprint density at radius 2 is 1.78 bits per heavy atom. The summed E-state index contributed by atoms with van der Waals surface area (Å²) in [6, 6.07) is 9.86. The van der Waals surface area contributed by atoms with Gasteiger partial charge in [0.2, 0.25) is 5.91 Å². The summed E-state index contributed by atoms with van der Waals surface area (Å²) in [5, 5.41) is 6.28. The van der Waals surface area contributed by atoms with Gasteiger partial charge >= 0.3 is 5.63 Å². The van der Waals surface area contributed by atoms with Crippen LogP contribution < -0.4 is 25.7 Å². The van der Waals surface area contributed by atoms with Crippen LogP contribution in [0.15, 0.2) is 45.6 Å². The summed E-state index contributed by atoms with van der Waals surface area (Å²) in [6.45, 7) is 10.9. The molecule has 2 heterocycles. The summed E-state index contributed by atoms with van der Waals surface area (Å²) >= 11 is 0. The maximum Gasteiger partial charge on any atom is 0.339 e. The third-order valence-electron chi connectivity index (χ3n) is 6.60. The van der Waals surface area contributed by atoms with Crippen molar-refractivity contribution in [1.82, 2.24) is 10.6 Å². The minimum atomic E-state index is -0.869. The number of benzene rings is 2. The van der Waals surface area contributed by atoms with Crippen molar-refractivity contribution in [1.29, 1.82) is 0 Å². The first-order valence-corrected chi connectivity index (χ1v) is 12.5. The minimum Gasteiger partial charge on any atom is -0.487 e. The molecule has 8 nitrogen and oxygen atoms in total. The van der Waals surface area contributed by atoms with Gasteiger partial charge in [0.1, 0.15) is 28.7 Å². The molecule has 0 saturated heterocycles. The van der Waals surface area contributed by atoms with Crippen LogP contribution in [-0.2, 0) is 16.0 Å². The molecule has 0 aliphatic carbocycles. The molecule has 37 heavy (non-hydrogen) atoms. The highest BCUT2D eigenvalue weighted by molar-refractivity contribution is 5.93. The molecule has 1 aliphatic heterocycles. The van der Waals surface area contributed by atoms with Gasteiger partial charge in [0.15, 0.2) is 6.61 Å². The van der Waals surface area contributed by atoms with Crippen molar-refractivity contribution < 1.29 is 23.5 Å². The largest absolute Gasteiger partial charge is 0.487 e. The maximum atomic E-state index is 13.0. The molecule has 8 heteroatoms. The molecule has 2 aromatic carbocycles. The number of hydrogen-bond donors (Lipinski definition) is 2. The van der Waals surface area contributed by atoms with Crippen LogP contribution in [0.1, 0.15) is 62.4 Å². The van der Waals surface area contributed by atoms with Gasteiger partial charge in [0.05, 0.1) is 5.39 Å². The number of rotatable bonds is 7. The van der Waals surface area contributed by atoms with Gasteiger partial charge in [-0.15, -0.1) is 0 Å². The van der Waals surface area contributed by atoms with Gasteiger partial charge < -0.3 is 24.5 Å². The first kappa shape index (κ1) is 26.3. The van der Waals surface area contributed by atoms with Gasteiger partial charge in [-0.2, -0.15) is 0 Å². The average molecular weight is 507 g/mol. The van der Waals surface area contributed by atoms with Crippen molar-refractivity contribution in [2.24, 2.45) is 0 Å². The van der Waals surface area contributed by atoms with E-state index in [1.54, 1.807) is 25.1 Å². The summed E-state index contributed by atoms with van der Waals surface area (Å²) < 4.78 is 17.9. The smallest absolute Gasteiger partial charge is 0.339 e. The second kappa shape index (κ2) is 10.3. The Morgan fingerprint density at radius 3 is 2.46 bits per heavy atom.